The van der Waals surface area contributed by atoms with Gasteiger partial charge in [0.25, 0.3) is 0 Å². The van der Waals surface area contributed by atoms with E-state index in [9.17, 15) is 4.79 Å². The maximum Gasteiger partial charge on any atom is 0.305 e. The van der Waals surface area contributed by atoms with Gasteiger partial charge in [0.05, 0.1) is 12.0 Å². The minimum absolute atomic E-state index is 0.240. The van der Waals surface area contributed by atoms with Crippen molar-refractivity contribution in [1.82, 2.24) is 10.9 Å². The van der Waals surface area contributed by atoms with Gasteiger partial charge in [0.2, 0.25) is 0 Å². The first-order valence-corrected chi connectivity index (χ1v) is 6.01. The summed E-state index contributed by atoms with van der Waals surface area (Å²) in [5.41, 5.74) is 6.72. The highest BCUT2D eigenvalue weighted by atomic mass is 79.9. The third-order valence-electron chi connectivity index (χ3n) is 2.24. The van der Waals surface area contributed by atoms with Crippen molar-refractivity contribution in [2.45, 2.75) is 0 Å². The molecule has 0 aliphatic rings. The molecule has 2 rings (SSSR count). The predicted octanol–water partition coefficient (Wildman–Crippen LogP) is 2.95. The van der Waals surface area contributed by atoms with E-state index >= 15 is 0 Å². The molecule has 1 aromatic heterocycles. The van der Waals surface area contributed by atoms with E-state index in [0.29, 0.717) is 5.70 Å². The molecule has 0 aliphatic carbocycles. The number of benzene rings is 1. The van der Waals surface area contributed by atoms with E-state index in [1.807, 2.05) is 24.3 Å². The maximum atomic E-state index is 11.6. The Kier molecular flexibility index (Phi) is 3.84. The summed E-state index contributed by atoms with van der Waals surface area (Å²) in [6.45, 7) is 3.84. The molecule has 0 spiro atoms. The SMILES string of the molecule is C=C(NNC(=O)c1ccco1)c1cccc(Br)c1. The molecular weight excluding hydrogens is 296 g/mol. The van der Waals surface area contributed by atoms with Crippen molar-refractivity contribution in [3.63, 3.8) is 0 Å². The van der Waals surface area contributed by atoms with E-state index < -0.39 is 0 Å². The molecule has 0 saturated carbocycles. The zero-order chi connectivity index (χ0) is 13.0. The quantitative estimate of drug-likeness (QED) is 0.854. The summed E-state index contributed by atoms with van der Waals surface area (Å²) in [5, 5.41) is 0. The highest BCUT2D eigenvalue weighted by molar-refractivity contribution is 9.10. The smallest absolute Gasteiger partial charge is 0.305 e. The topological polar surface area (TPSA) is 54.3 Å². The van der Waals surface area contributed by atoms with Gasteiger partial charge in [-0.2, -0.15) is 0 Å². The van der Waals surface area contributed by atoms with Gasteiger partial charge in [-0.25, -0.2) is 0 Å². The lowest BCUT2D eigenvalue weighted by atomic mass is 10.2. The molecule has 1 amide bonds. The summed E-state index contributed by atoms with van der Waals surface area (Å²) in [6.07, 6.45) is 1.44. The Hall–Kier alpha value is -2.01. The second-order valence-electron chi connectivity index (χ2n) is 3.55. The fourth-order valence-electron chi connectivity index (χ4n) is 1.35. The lowest BCUT2D eigenvalue weighted by molar-refractivity contribution is 0.0914. The van der Waals surface area contributed by atoms with E-state index in [4.69, 9.17) is 4.42 Å². The monoisotopic (exact) mass is 306 g/mol. The molecule has 5 heteroatoms. The minimum Gasteiger partial charge on any atom is -0.459 e. The first-order valence-electron chi connectivity index (χ1n) is 5.21. The Morgan fingerprint density at radius 3 is 2.72 bits per heavy atom. The van der Waals surface area contributed by atoms with Crippen LogP contribution in [-0.4, -0.2) is 5.91 Å². The molecule has 2 aromatic rings. The van der Waals surface area contributed by atoms with Gasteiger partial charge in [-0.15, -0.1) is 0 Å². The molecule has 1 aromatic carbocycles. The zero-order valence-electron chi connectivity index (χ0n) is 9.44. The first-order chi connectivity index (χ1) is 8.66. The van der Waals surface area contributed by atoms with Gasteiger partial charge in [0.1, 0.15) is 0 Å². The largest absolute Gasteiger partial charge is 0.459 e. The number of carbonyl (C=O) groups is 1. The number of hydrogen-bond donors (Lipinski definition) is 2. The van der Waals surface area contributed by atoms with Crippen molar-refractivity contribution in [2.75, 3.05) is 0 Å². The van der Waals surface area contributed by atoms with E-state index in [0.717, 1.165) is 10.0 Å². The average molecular weight is 307 g/mol. The molecule has 0 atom stereocenters. The molecule has 0 saturated heterocycles. The van der Waals surface area contributed by atoms with Crippen LogP contribution in [0.3, 0.4) is 0 Å². The number of furan rings is 1. The van der Waals surface area contributed by atoms with Gasteiger partial charge < -0.3 is 4.42 Å². The Labute approximate surface area is 113 Å². The molecule has 0 bridgehead atoms. The summed E-state index contributed by atoms with van der Waals surface area (Å²) in [6, 6.07) is 10.8. The van der Waals surface area contributed by atoms with Crippen LogP contribution in [-0.2, 0) is 0 Å². The summed E-state index contributed by atoms with van der Waals surface area (Å²) in [4.78, 5) is 11.6. The van der Waals surface area contributed by atoms with Gasteiger partial charge in [-0.05, 0) is 29.8 Å². The standard InChI is InChI=1S/C13H11BrN2O2/c1-9(10-4-2-5-11(14)8-10)15-16-13(17)12-6-3-7-18-12/h2-8,15H,1H2,(H,16,17). The van der Waals surface area contributed by atoms with Crippen LogP contribution in [0.15, 0.2) is 58.1 Å². The molecule has 18 heavy (non-hydrogen) atoms. The van der Waals surface area contributed by atoms with E-state index in [1.165, 1.54) is 6.26 Å². The second-order valence-corrected chi connectivity index (χ2v) is 4.46. The Balaban J connectivity index is 1.95. The molecule has 1 heterocycles. The van der Waals surface area contributed by atoms with Gasteiger partial charge in [0, 0.05) is 4.47 Å². The minimum atomic E-state index is -0.351. The molecule has 0 aliphatic heterocycles. The number of hydrazine groups is 1. The average Bonchev–Trinajstić information content (AvgIpc) is 2.89. The number of rotatable bonds is 4. The lowest BCUT2D eigenvalue weighted by Gasteiger charge is -2.10. The van der Waals surface area contributed by atoms with Gasteiger partial charge in [-0.1, -0.05) is 34.6 Å². The van der Waals surface area contributed by atoms with Crippen LogP contribution >= 0.6 is 15.9 Å². The van der Waals surface area contributed by atoms with E-state index in [2.05, 4.69) is 33.4 Å². The summed E-state index contributed by atoms with van der Waals surface area (Å²) in [5.74, 6) is -0.110. The van der Waals surface area contributed by atoms with Crippen LogP contribution in [0.5, 0.6) is 0 Å². The van der Waals surface area contributed by atoms with Crippen molar-refractivity contribution in [3.05, 3.63) is 65.0 Å². The molecule has 4 nitrogen and oxygen atoms in total. The summed E-state index contributed by atoms with van der Waals surface area (Å²) < 4.78 is 5.91. The van der Waals surface area contributed by atoms with Crippen LogP contribution in [0.2, 0.25) is 0 Å². The van der Waals surface area contributed by atoms with Crippen LogP contribution in [0.1, 0.15) is 16.1 Å². The van der Waals surface area contributed by atoms with Crippen LogP contribution < -0.4 is 10.9 Å². The van der Waals surface area contributed by atoms with Crippen LogP contribution in [0.4, 0.5) is 0 Å². The predicted molar refractivity (Wildman–Crippen MR) is 72.5 cm³/mol. The molecule has 0 radical (unpaired) electrons. The lowest BCUT2D eigenvalue weighted by Crippen LogP contribution is -2.35. The highest BCUT2D eigenvalue weighted by Crippen LogP contribution is 2.15. The third-order valence-corrected chi connectivity index (χ3v) is 2.74. The Morgan fingerprint density at radius 2 is 2.06 bits per heavy atom. The number of amides is 1. The maximum absolute atomic E-state index is 11.6. The van der Waals surface area contributed by atoms with Gasteiger partial charge >= 0.3 is 5.91 Å². The molecule has 2 N–H and O–H groups in total. The van der Waals surface area contributed by atoms with Crippen LogP contribution in [0.25, 0.3) is 5.70 Å². The zero-order valence-corrected chi connectivity index (χ0v) is 11.0. The number of halogens is 1. The highest BCUT2D eigenvalue weighted by Gasteiger charge is 2.08. The number of nitrogens with one attached hydrogen (secondary N) is 2. The Morgan fingerprint density at radius 1 is 1.22 bits per heavy atom. The first kappa shape index (κ1) is 12.4. The van der Waals surface area contributed by atoms with E-state index in [1.54, 1.807) is 12.1 Å². The molecule has 0 fully saturated rings. The number of hydrogen-bond acceptors (Lipinski definition) is 3. The fourth-order valence-corrected chi connectivity index (χ4v) is 1.75. The normalized spacial score (nSPS) is 9.83. The summed E-state index contributed by atoms with van der Waals surface area (Å²) in [7, 11) is 0. The molecule has 92 valence electrons. The van der Waals surface area contributed by atoms with Gasteiger partial charge in [-0.3, -0.25) is 15.6 Å². The Bertz CT molecular complexity index is 564. The van der Waals surface area contributed by atoms with E-state index in [-0.39, 0.29) is 11.7 Å². The number of carbonyl (C=O) groups excluding carboxylic acids is 1. The van der Waals surface area contributed by atoms with Crippen molar-refractivity contribution < 1.29 is 9.21 Å². The molecular formula is C13H11BrN2O2. The third kappa shape index (κ3) is 3.01. The van der Waals surface area contributed by atoms with Crippen LogP contribution in [0, 0.1) is 0 Å². The van der Waals surface area contributed by atoms with Gasteiger partial charge in [0.15, 0.2) is 5.76 Å². The summed E-state index contributed by atoms with van der Waals surface area (Å²) >= 11 is 3.37. The van der Waals surface area contributed by atoms with Crippen molar-refractivity contribution in [2.24, 2.45) is 0 Å². The fraction of sp³-hybridized carbons (Fsp3) is 0. The van der Waals surface area contributed by atoms with Crippen molar-refractivity contribution >= 4 is 27.5 Å². The van der Waals surface area contributed by atoms with Crippen molar-refractivity contribution in [1.29, 1.82) is 0 Å². The molecule has 0 unspecified atom stereocenters. The second kappa shape index (κ2) is 5.55. The van der Waals surface area contributed by atoms with Crippen molar-refractivity contribution in [3.8, 4) is 0 Å².